The molecule has 0 fully saturated rings. The molecule has 0 unspecified atom stereocenters. The van der Waals surface area contributed by atoms with Crippen molar-refractivity contribution < 1.29 is 4.74 Å². The summed E-state index contributed by atoms with van der Waals surface area (Å²) in [5, 5.41) is 4.77. The first kappa shape index (κ1) is 15.7. The van der Waals surface area contributed by atoms with Crippen LogP contribution < -0.4 is 0 Å². The van der Waals surface area contributed by atoms with Crippen LogP contribution >= 0.6 is 0 Å². The molecule has 0 saturated carbocycles. The number of rotatable bonds is 3. The van der Waals surface area contributed by atoms with Crippen LogP contribution in [0.2, 0.25) is 0 Å². The fraction of sp³-hybridized carbons (Fsp3) is 0.350. The Morgan fingerprint density at radius 2 is 2.04 bits per heavy atom. The van der Waals surface area contributed by atoms with Crippen molar-refractivity contribution in [2.45, 2.75) is 39.8 Å². The monoisotopic (exact) mass is 347 g/mol. The lowest BCUT2D eigenvalue weighted by molar-refractivity contribution is 0.134. The zero-order valence-corrected chi connectivity index (χ0v) is 14.9. The van der Waals surface area contributed by atoms with Gasteiger partial charge in [0.15, 0.2) is 0 Å². The van der Waals surface area contributed by atoms with Crippen molar-refractivity contribution in [1.29, 1.82) is 0 Å². The van der Waals surface area contributed by atoms with Crippen molar-refractivity contribution in [2.24, 2.45) is 0 Å². The van der Waals surface area contributed by atoms with Crippen LogP contribution in [0.4, 0.5) is 0 Å². The van der Waals surface area contributed by atoms with Crippen LogP contribution in [0.25, 0.3) is 11.4 Å². The molecule has 0 radical (unpaired) electrons. The fourth-order valence-electron chi connectivity index (χ4n) is 3.75. The zero-order valence-electron chi connectivity index (χ0n) is 14.9. The molecule has 5 heterocycles. The molecule has 0 spiro atoms. The van der Waals surface area contributed by atoms with Gasteiger partial charge >= 0.3 is 0 Å². The molecule has 2 aliphatic heterocycles. The predicted molar refractivity (Wildman–Crippen MR) is 97.0 cm³/mol. The van der Waals surface area contributed by atoms with Crippen molar-refractivity contribution in [3.05, 3.63) is 64.7 Å². The minimum absolute atomic E-state index is 0.696. The van der Waals surface area contributed by atoms with Gasteiger partial charge in [-0.15, -0.1) is 0 Å². The van der Waals surface area contributed by atoms with E-state index in [2.05, 4.69) is 44.7 Å². The van der Waals surface area contributed by atoms with Crippen LogP contribution in [0.5, 0.6) is 0 Å². The topological polar surface area (TPSA) is 56.1 Å². The van der Waals surface area contributed by atoms with Gasteiger partial charge in [0, 0.05) is 37.6 Å². The molecule has 3 aromatic heterocycles. The Morgan fingerprint density at radius 1 is 1.12 bits per heavy atom. The highest BCUT2D eigenvalue weighted by Crippen LogP contribution is 2.24. The molecule has 0 saturated heterocycles. The van der Waals surface area contributed by atoms with Gasteiger partial charge in [0.25, 0.3) is 0 Å². The molecule has 2 aliphatic rings. The highest BCUT2D eigenvalue weighted by atomic mass is 16.5. The summed E-state index contributed by atoms with van der Waals surface area (Å²) in [4.78, 5) is 11.5. The van der Waals surface area contributed by atoms with E-state index in [1.54, 1.807) is 0 Å². The summed E-state index contributed by atoms with van der Waals surface area (Å²) in [5.74, 6) is 0. The average Bonchev–Trinajstić information content (AvgIpc) is 3.27. The normalized spacial score (nSPS) is 16.5. The number of hydrogen-bond donors (Lipinski definition) is 0. The third-order valence-electron chi connectivity index (χ3n) is 5.17. The molecule has 6 nitrogen and oxygen atoms in total. The fourth-order valence-corrected chi connectivity index (χ4v) is 3.75. The summed E-state index contributed by atoms with van der Waals surface area (Å²) in [6, 6.07) is 8.41. The van der Waals surface area contributed by atoms with Gasteiger partial charge < -0.3 is 4.74 Å². The largest absolute Gasteiger partial charge is 0.372 e. The van der Waals surface area contributed by atoms with E-state index in [-0.39, 0.29) is 0 Å². The summed E-state index contributed by atoms with van der Waals surface area (Å²) < 4.78 is 7.60. The molecule has 0 atom stereocenters. The van der Waals surface area contributed by atoms with Crippen molar-refractivity contribution >= 4 is 0 Å². The Kier molecular flexibility index (Phi) is 3.80. The van der Waals surface area contributed by atoms with Crippen molar-refractivity contribution in [3.63, 3.8) is 0 Å². The molecule has 0 bridgehead atoms. The number of pyridine rings is 2. The number of aryl methyl sites for hydroxylation is 1. The standard InChI is InChI=1S/C20H21N5O/c1-14-3-2-4-21-20(14)19-8-18-11-24(5-6-25(18)23-19)10-17-7-15-12-26-13-16(15)9-22-17/h2-4,7-9H,5-6,10-13H2,1H3. The summed E-state index contributed by atoms with van der Waals surface area (Å²) in [6.45, 7) is 7.10. The lowest BCUT2D eigenvalue weighted by atomic mass is 10.1. The second-order valence-electron chi connectivity index (χ2n) is 7.06. The average molecular weight is 347 g/mol. The Balaban J connectivity index is 1.35. The zero-order chi connectivity index (χ0) is 17.5. The molecule has 26 heavy (non-hydrogen) atoms. The number of ether oxygens (including phenoxy) is 1. The van der Waals surface area contributed by atoms with E-state index in [9.17, 15) is 0 Å². The van der Waals surface area contributed by atoms with Gasteiger partial charge in [-0.25, -0.2) is 0 Å². The lowest BCUT2D eigenvalue weighted by Crippen LogP contribution is -2.33. The van der Waals surface area contributed by atoms with E-state index >= 15 is 0 Å². The first-order valence-electron chi connectivity index (χ1n) is 9.02. The van der Waals surface area contributed by atoms with Crippen LogP contribution in [-0.2, 0) is 37.6 Å². The molecule has 6 heteroatoms. The Hall–Kier alpha value is -2.57. The number of hydrogen-bond acceptors (Lipinski definition) is 5. The molecule has 132 valence electrons. The van der Waals surface area contributed by atoms with Gasteiger partial charge in [0.2, 0.25) is 0 Å². The van der Waals surface area contributed by atoms with E-state index in [4.69, 9.17) is 9.84 Å². The van der Waals surface area contributed by atoms with Gasteiger partial charge in [-0.05, 0) is 36.2 Å². The Labute approximate surface area is 152 Å². The Morgan fingerprint density at radius 3 is 2.96 bits per heavy atom. The van der Waals surface area contributed by atoms with Crippen LogP contribution in [0.15, 0.2) is 36.7 Å². The van der Waals surface area contributed by atoms with Crippen molar-refractivity contribution in [1.82, 2.24) is 24.6 Å². The third-order valence-corrected chi connectivity index (χ3v) is 5.17. The Bertz CT molecular complexity index is 965. The first-order valence-corrected chi connectivity index (χ1v) is 9.02. The van der Waals surface area contributed by atoms with Gasteiger partial charge in [0.05, 0.1) is 36.8 Å². The molecule has 3 aromatic rings. The van der Waals surface area contributed by atoms with Gasteiger partial charge in [-0.2, -0.15) is 5.10 Å². The molecule has 5 rings (SSSR count). The SMILES string of the molecule is Cc1cccnc1-c1cc2n(n1)CCN(Cc1cc3c(cn1)COC3)C2. The molecule has 0 aliphatic carbocycles. The summed E-state index contributed by atoms with van der Waals surface area (Å²) >= 11 is 0. The number of fused-ring (bicyclic) bond motifs is 2. The van der Waals surface area contributed by atoms with Crippen LogP contribution in [0.1, 0.15) is 28.1 Å². The minimum atomic E-state index is 0.696. The maximum atomic E-state index is 5.49. The molecule has 0 N–H and O–H groups in total. The maximum absolute atomic E-state index is 5.49. The minimum Gasteiger partial charge on any atom is -0.372 e. The van der Waals surface area contributed by atoms with Crippen LogP contribution in [-0.4, -0.2) is 31.2 Å². The lowest BCUT2D eigenvalue weighted by Gasteiger charge is -2.27. The number of nitrogens with zero attached hydrogens (tertiary/aromatic N) is 5. The van der Waals surface area contributed by atoms with E-state index in [0.717, 1.165) is 48.8 Å². The third kappa shape index (κ3) is 2.81. The van der Waals surface area contributed by atoms with E-state index in [1.807, 2.05) is 18.5 Å². The summed E-state index contributed by atoms with van der Waals surface area (Å²) in [7, 11) is 0. The summed E-state index contributed by atoms with van der Waals surface area (Å²) in [5.41, 5.74) is 7.95. The maximum Gasteiger partial charge on any atom is 0.111 e. The quantitative estimate of drug-likeness (QED) is 0.729. The van der Waals surface area contributed by atoms with Gasteiger partial charge in [-0.3, -0.25) is 19.5 Å². The summed E-state index contributed by atoms with van der Waals surface area (Å²) in [6.07, 6.45) is 3.80. The second-order valence-corrected chi connectivity index (χ2v) is 7.06. The highest BCUT2D eigenvalue weighted by molar-refractivity contribution is 5.58. The van der Waals surface area contributed by atoms with Crippen LogP contribution in [0.3, 0.4) is 0 Å². The van der Waals surface area contributed by atoms with E-state index in [1.165, 1.54) is 16.8 Å². The first-order chi connectivity index (χ1) is 12.8. The van der Waals surface area contributed by atoms with Crippen molar-refractivity contribution in [2.75, 3.05) is 6.54 Å². The molecule has 0 amide bonds. The highest BCUT2D eigenvalue weighted by Gasteiger charge is 2.21. The molecular weight excluding hydrogens is 326 g/mol. The molecular formula is C20H21N5O. The van der Waals surface area contributed by atoms with Gasteiger partial charge in [-0.1, -0.05) is 6.07 Å². The van der Waals surface area contributed by atoms with E-state index in [0.29, 0.717) is 13.2 Å². The van der Waals surface area contributed by atoms with Crippen LogP contribution in [0, 0.1) is 6.92 Å². The van der Waals surface area contributed by atoms with Gasteiger partial charge in [0.1, 0.15) is 5.69 Å². The van der Waals surface area contributed by atoms with E-state index < -0.39 is 0 Å². The second kappa shape index (κ2) is 6.30. The number of aromatic nitrogens is 4. The van der Waals surface area contributed by atoms with Crippen molar-refractivity contribution in [3.8, 4) is 11.4 Å². The smallest absolute Gasteiger partial charge is 0.111 e. The molecule has 0 aromatic carbocycles. The predicted octanol–water partition coefficient (Wildman–Crippen LogP) is 2.69.